The van der Waals surface area contributed by atoms with Gasteiger partial charge >= 0.3 is 0 Å². The molecule has 0 atom stereocenters. The number of amides is 1. The highest BCUT2D eigenvalue weighted by Crippen LogP contribution is 2.35. The van der Waals surface area contributed by atoms with Crippen LogP contribution in [0.1, 0.15) is 23.3 Å². The van der Waals surface area contributed by atoms with Crippen LogP contribution < -0.4 is 9.62 Å². The predicted octanol–water partition coefficient (Wildman–Crippen LogP) is 1.60. The summed E-state index contributed by atoms with van der Waals surface area (Å²) in [6, 6.07) is 0. The molecule has 0 saturated carbocycles. The van der Waals surface area contributed by atoms with Gasteiger partial charge in [-0.2, -0.15) is 0 Å². The topological polar surface area (TPSA) is 92.3 Å². The third-order valence-corrected chi connectivity index (χ3v) is 6.08. The average molecular weight is 368 g/mol. The van der Waals surface area contributed by atoms with Crippen molar-refractivity contribution in [2.24, 2.45) is 5.92 Å². The highest BCUT2D eigenvalue weighted by Gasteiger charge is 2.28. The van der Waals surface area contributed by atoms with E-state index < -0.39 is 15.9 Å². The Morgan fingerprint density at radius 1 is 1.29 bits per heavy atom. The van der Waals surface area contributed by atoms with Crippen molar-refractivity contribution in [1.29, 1.82) is 0 Å². The van der Waals surface area contributed by atoms with Gasteiger partial charge in [0, 0.05) is 23.9 Å². The summed E-state index contributed by atoms with van der Waals surface area (Å²) in [5.74, 6) is 0.218. The zero-order chi connectivity index (χ0) is 17.5. The summed E-state index contributed by atoms with van der Waals surface area (Å²) in [5, 5.41) is 1.08. The van der Waals surface area contributed by atoms with Crippen LogP contribution in [0.4, 0.5) is 5.82 Å². The molecule has 24 heavy (non-hydrogen) atoms. The van der Waals surface area contributed by atoms with Crippen LogP contribution in [0.2, 0.25) is 0 Å². The Bertz CT molecular complexity index is 884. The van der Waals surface area contributed by atoms with Crippen molar-refractivity contribution in [3.8, 4) is 0 Å². The summed E-state index contributed by atoms with van der Waals surface area (Å²) in [5.41, 5.74) is 1.20. The van der Waals surface area contributed by atoms with Gasteiger partial charge in [0.25, 0.3) is 0 Å². The van der Waals surface area contributed by atoms with Crippen LogP contribution in [0.15, 0.2) is 6.33 Å². The summed E-state index contributed by atoms with van der Waals surface area (Å²) in [6.45, 7) is 5.49. The molecule has 9 heteroatoms. The maximum absolute atomic E-state index is 12.0. The molecule has 1 aliphatic heterocycles. The normalized spacial score (nSPS) is 16.5. The fraction of sp³-hybridized carbons (Fsp3) is 0.533. The number of carbonyl (C=O) groups is 1. The van der Waals surface area contributed by atoms with Gasteiger partial charge in [0.15, 0.2) is 0 Å². The van der Waals surface area contributed by atoms with Crippen molar-refractivity contribution < 1.29 is 13.2 Å². The molecule has 0 spiro atoms. The lowest BCUT2D eigenvalue weighted by atomic mass is 9.96. The zero-order valence-electron chi connectivity index (χ0n) is 13.9. The van der Waals surface area contributed by atoms with Gasteiger partial charge in [-0.3, -0.25) is 9.52 Å². The number of piperidine rings is 1. The van der Waals surface area contributed by atoms with Gasteiger partial charge in [0.1, 0.15) is 17.0 Å². The van der Waals surface area contributed by atoms with E-state index in [0.717, 1.165) is 22.3 Å². The summed E-state index contributed by atoms with van der Waals surface area (Å²) in [4.78, 5) is 25.2. The second-order valence-corrected chi connectivity index (χ2v) is 9.11. The molecule has 130 valence electrons. The number of fused-ring (bicyclic) bond motifs is 1. The van der Waals surface area contributed by atoms with E-state index in [4.69, 9.17) is 0 Å². The predicted molar refractivity (Wildman–Crippen MR) is 94.8 cm³/mol. The third kappa shape index (κ3) is 3.36. The van der Waals surface area contributed by atoms with Crippen LogP contribution in [0.5, 0.6) is 0 Å². The van der Waals surface area contributed by atoms with E-state index in [1.54, 1.807) is 17.7 Å². The molecule has 7 nitrogen and oxygen atoms in total. The third-order valence-electron chi connectivity index (χ3n) is 4.40. The van der Waals surface area contributed by atoms with E-state index in [9.17, 15) is 13.2 Å². The van der Waals surface area contributed by atoms with E-state index >= 15 is 0 Å². The number of thiophene rings is 1. The van der Waals surface area contributed by atoms with Crippen LogP contribution in [0.3, 0.4) is 0 Å². The Morgan fingerprint density at radius 3 is 2.58 bits per heavy atom. The molecule has 2 aromatic heterocycles. The number of anilines is 1. The fourth-order valence-corrected chi connectivity index (χ4v) is 4.55. The zero-order valence-corrected chi connectivity index (χ0v) is 15.5. The fourth-order valence-electron chi connectivity index (χ4n) is 3.02. The summed E-state index contributed by atoms with van der Waals surface area (Å²) < 4.78 is 24.5. The maximum Gasteiger partial charge on any atom is 0.236 e. The number of hydrogen-bond acceptors (Lipinski definition) is 7. The Balaban J connectivity index is 1.77. The molecule has 0 radical (unpaired) electrons. The highest BCUT2D eigenvalue weighted by atomic mass is 32.2. The lowest BCUT2D eigenvalue weighted by Crippen LogP contribution is -2.42. The van der Waals surface area contributed by atoms with Crippen molar-refractivity contribution in [3.05, 3.63) is 16.8 Å². The number of nitrogens with one attached hydrogen (secondary N) is 1. The largest absolute Gasteiger partial charge is 0.356 e. The first-order valence-corrected chi connectivity index (χ1v) is 10.4. The first-order chi connectivity index (χ1) is 11.3. The monoisotopic (exact) mass is 368 g/mol. The minimum Gasteiger partial charge on any atom is -0.356 e. The van der Waals surface area contributed by atoms with E-state index in [2.05, 4.69) is 33.4 Å². The molecule has 2 aromatic rings. The van der Waals surface area contributed by atoms with Gasteiger partial charge in [-0.05, 0) is 32.3 Å². The van der Waals surface area contributed by atoms with Gasteiger partial charge in [-0.25, -0.2) is 18.4 Å². The molecule has 3 rings (SSSR count). The summed E-state index contributed by atoms with van der Waals surface area (Å²) in [6.07, 6.45) is 3.79. The Hall–Kier alpha value is -1.74. The van der Waals surface area contributed by atoms with Crippen LogP contribution in [0.25, 0.3) is 10.2 Å². The summed E-state index contributed by atoms with van der Waals surface area (Å²) in [7, 11) is -3.50. The van der Waals surface area contributed by atoms with E-state index in [1.165, 1.54) is 10.4 Å². The number of nitrogens with zero attached hydrogens (tertiary/aromatic N) is 3. The maximum atomic E-state index is 12.0. The molecule has 0 unspecified atom stereocenters. The first-order valence-electron chi connectivity index (χ1n) is 7.73. The molecule has 1 N–H and O–H groups in total. The SMILES string of the molecule is Cc1sc2ncnc(N3CCC(C(=O)NS(C)(=O)=O)CC3)c2c1C. The van der Waals surface area contributed by atoms with Crippen molar-refractivity contribution in [1.82, 2.24) is 14.7 Å². The molecular formula is C15H20N4O3S2. The van der Waals surface area contributed by atoms with Crippen molar-refractivity contribution in [2.75, 3.05) is 24.2 Å². The van der Waals surface area contributed by atoms with Gasteiger partial charge in [-0.1, -0.05) is 0 Å². The first kappa shape index (κ1) is 17.1. The van der Waals surface area contributed by atoms with Crippen molar-refractivity contribution in [2.45, 2.75) is 26.7 Å². The lowest BCUT2D eigenvalue weighted by molar-refractivity contribution is -0.123. The quantitative estimate of drug-likeness (QED) is 0.885. The van der Waals surface area contributed by atoms with Gasteiger partial charge < -0.3 is 4.90 Å². The summed E-state index contributed by atoms with van der Waals surface area (Å²) >= 11 is 1.66. The van der Waals surface area contributed by atoms with E-state index in [-0.39, 0.29) is 5.92 Å². The number of carbonyl (C=O) groups excluding carboxylic acids is 1. The lowest BCUT2D eigenvalue weighted by Gasteiger charge is -2.32. The second-order valence-electron chi connectivity index (χ2n) is 6.16. The molecule has 3 heterocycles. The molecule has 1 amide bonds. The van der Waals surface area contributed by atoms with Crippen LogP contribution >= 0.6 is 11.3 Å². The minimum absolute atomic E-state index is 0.279. The van der Waals surface area contributed by atoms with Gasteiger partial charge in [0.05, 0.1) is 11.6 Å². The number of aromatic nitrogens is 2. The number of hydrogen-bond donors (Lipinski definition) is 1. The van der Waals surface area contributed by atoms with Crippen molar-refractivity contribution >= 4 is 43.3 Å². The van der Waals surface area contributed by atoms with E-state index in [0.29, 0.717) is 25.9 Å². The number of aryl methyl sites for hydroxylation is 2. The molecule has 0 aliphatic carbocycles. The number of sulfonamides is 1. The molecule has 0 aromatic carbocycles. The smallest absolute Gasteiger partial charge is 0.236 e. The molecule has 1 aliphatic rings. The van der Waals surface area contributed by atoms with Crippen LogP contribution in [-0.4, -0.2) is 43.6 Å². The minimum atomic E-state index is -3.50. The molecule has 1 fully saturated rings. The van der Waals surface area contributed by atoms with Gasteiger partial charge in [-0.15, -0.1) is 11.3 Å². The van der Waals surface area contributed by atoms with Crippen LogP contribution in [-0.2, 0) is 14.8 Å². The molecular weight excluding hydrogens is 348 g/mol. The van der Waals surface area contributed by atoms with Crippen molar-refractivity contribution in [3.63, 3.8) is 0 Å². The molecule has 0 bridgehead atoms. The number of rotatable bonds is 3. The highest BCUT2D eigenvalue weighted by molar-refractivity contribution is 7.89. The average Bonchev–Trinajstić information content (AvgIpc) is 2.81. The van der Waals surface area contributed by atoms with Gasteiger partial charge in [0.2, 0.25) is 15.9 Å². The van der Waals surface area contributed by atoms with Crippen LogP contribution in [0, 0.1) is 19.8 Å². The molecule has 1 saturated heterocycles. The Kier molecular flexibility index (Phi) is 4.48. The standard InChI is InChI=1S/C15H20N4O3S2/c1-9-10(2)23-15-12(9)13(16-8-17-15)19-6-4-11(5-7-19)14(20)18-24(3,21)22/h8,11H,4-7H2,1-3H3,(H,18,20). The Labute approximate surface area is 145 Å². The second kappa shape index (κ2) is 6.29. The van der Waals surface area contributed by atoms with E-state index in [1.807, 2.05) is 0 Å². The Morgan fingerprint density at radius 2 is 1.96 bits per heavy atom.